The van der Waals surface area contributed by atoms with Gasteiger partial charge in [-0.25, -0.2) is 0 Å². The van der Waals surface area contributed by atoms with Gasteiger partial charge in [0.2, 0.25) is 0 Å². The predicted molar refractivity (Wildman–Crippen MR) is 64.4 cm³/mol. The predicted octanol–water partition coefficient (Wildman–Crippen LogP) is 2.58. The maximum atomic E-state index is 10.4. The Bertz CT molecular complexity index is 331. The van der Waals surface area contributed by atoms with Crippen molar-refractivity contribution in [2.24, 2.45) is 5.73 Å². The van der Waals surface area contributed by atoms with Crippen LogP contribution in [0.1, 0.15) is 30.6 Å². The molecule has 1 saturated carbocycles. The first-order valence-corrected chi connectivity index (χ1v) is 6.49. The normalized spacial score (nSPS) is 31.8. The Hall–Kier alpha value is -0.0900. The van der Waals surface area contributed by atoms with Gasteiger partial charge in [0.25, 0.3) is 0 Å². The van der Waals surface area contributed by atoms with Crippen LogP contribution in [0.3, 0.4) is 0 Å². The van der Waals surface area contributed by atoms with Gasteiger partial charge in [-0.05, 0) is 37.8 Å². The van der Waals surface area contributed by atoms with Gasteiger partial charge in [-0.1, -0.05) is 11.6 Å². The average molecular weight is 246 g/mol. The SMILES string of the molecule is NC1CCC(O)(Cc2ccc(Cl)s2)CC1. The molecule has 0 aliphatic heterocycles. The molecule has 3 N–H and O–H groups in total. The molecular weight excluding hydrogens is 230 g/mol. The van der Waals surface area contributed by atoms with E-state index in [1.165, 1.54) is 0 Å². The van der Waals surface area contributed by atoms with Gasteiger partial charge in [-0.3, -0.25) is 0 Å². The lowest BCUT2D eigenvalue weighted by Crippen LogP contribution is -2.40. The molecule has 2 rings (SSSR count). The Morgan fingerprint density at radius 1 is 1.47 bits per heavy atom. The monoisotopic (exact) mass is 245 g/mol. The molecule has 0 radical (unpaired) electrons. The van der Waals surface area contributed by atoms with Crippen molar-refractivity contribution >= 4 is 22.9 Å². The van der Waals surface area contributed by atoms with E-state index in [0.29, 0.717) is 0 Å². The van der Waals surface area contributed by atoms with Crippen LogP contribution in [0, 0.1) is 0 Å². The van der Waals surface area contributed by atoms with Gasteiger partial charge in [-0.15, -0.1) is 11.3 Å². The van der Waals surface area contributed by atoms with Crippen molar-refractivity contribution in [2.75, 3.05) is 0 Å². The van der Waals surface area contributed by atoms with E-state index in [1.807, 2.05) is 12.1 Å². The highest BCUT2D eigenvalue weighted by atomic mass is 35.5. The maximum absolute atomic E-state index is 10.4. The highest BCUT2D eigenvalue weighted by Crippen LogP contribution is 2.33. The molecule has 1 aliphatic carbocycles. The first kappa shape index (κ1) is 11.4. The molecule has 4 heteroatoms. The zero-order chi connectivity index (χ0) is 10.9. The molecule has 0 bridgehead atoms. The van der Waals surface area contributed by atoms with Crippen molar-refractivity contribution in [3.8, 4) is 0 Å². The number of aliphatic hydroxyl groups is 1. The van der Waals surface area contributed by atoms with E-state index in [1.54, 1.807) is 11.3 Å². The summed E-state index contributed by atoms with van der Waals surface area (Å²) in [7, 11) is 0. The summed E-state index contributed by atoms with van der Waals surface area (Å²) in [6.07, 6.45) is 4.19. The Morgan fingerprint density at radius 3 is 2.67 bits per heavy atom. The number of hydrogen-bond acceptors (Lipinski definition) is 3. The van der Waals surface area contributed by atoms with E-state index in [2.05, 4.69) is 0 Å². The summed E-state index contributed by atoms with van der Waals surface area (Å²) in [5.74, 6) is 0. The minimum absolute atomic E-state index is 0.275. The van der Waals surface area contributed by atoms with Crippen LogP contribution in [0.4, 0.5) is 0 Å². The first-order chi connectivity index (χ1) is 7.07. The number of rotatable bonds is 2. The lowest BCUT2D eigenvalue weighted by Gasteiger charge is -2.34. The van der Waals surface area contributed by atoms with Crippen molar-refractivity contribution < 1.29 is 5.11 Å². The van der Waals surface area contributed by atoms with E-state index >= 15 is 0 Å². The smallest absolute Gasteiger partial charge is 0.0931 e. The first-order valence-electron chi connectivity index (χ1n) is 5.30. The summed E-state index contributed by atoms with van der Waals surface area (Å²) >= 11 is 7.42. The lowest BCUT2D eigenvalue weighted by atomic mass is 9.80. The quantitative estimate of drug-likeness (QED) is 0.841. The van der Waals surface area contributed by atoms with Crippen LogP contribution in [0.25, 0.3) is 0 Å². The number of thiophene rings is 1. The van der Waals surface area contributed by atoms with Crippen LogP contribution >= 0.6 is 22.9 Å². The average Bonchev–Trinajstić information content (AvgIpc) is 2.57. The fourth-order valence-electron chi connectivity index (χ4n) is 2.13. The van der Waals surface area contributed by atoms with Crippen LogP contribution in [0.5, 0.6) is 0 Å². The number of hydrogen-bond donors (Lipinski definition) is 2. The molecular formula is C11H16ClNOS. The second-order valence-electron chi connectivity index (χ2n) is 4.44. The van der Waals surface area contributed by atoms with E-state index in [-0.39, 0.29) is 6.04 Å². The molecule has 15 heavy (non-hydrogen) atoms. The van der Waals surface area contributed by atoms with Crippen molar-refractivity contribution in [1.29, 1.82) is 0 Å². The molecule has 1 aliphatic rings. The molecule has 1 aromatic rings. The number of nitrogens with two attached hydrogens (primary N) is 1. The molecule has 2 nitrogen and oxygen atoms in total. The lowest BCUT2D eigenvalue weighted by molar-refractivity contribution is 0.000898. The van der Waals surface area contributed by atoms with Gasteiger partial charge in [-0.2, -0.15) is 0 Å². The van der Waals surface area contributed by atoms with E-state index in [4.69, 9.17) is 17.3 Å². The third kappa shape index (κ3) is 2.94. The fraction of sp³-hybridized carbons (Fsp3) is 0.636. The molecule has 0 unspecified atom stereocenters. The molecule has 0 saturated heterocycles. The summed E-state index contributed by atoms with van der Waals surface area (Å²) in [6, 6.07) is 4.16. The molecule has 1 aromatic heterocycles. The second kappa shape index (κ2) is 4.42. The third-order valence-electron chi connectivity index (χ3n) is 3.09. The highest BCUT2D eigenvalue weighted by Gasteiger charge is 2.32. The highest BCUT2D eigenvalue weighted by molar-refractivity contribution is 7.16. The van der Waals surface area contributed by atoms with Crippen LogP contribution in [0.2, 0.25) is 4.34 Å². The summed E-state index contributed by atoms with van der Waals surface area (Å²) in [6.45, 7) is 0. The summed E-state index contributed by atoms with van der Waals surface area (Å²) < 4.78 is 0.793. The minimum atomic E-state index is -0.552. The van der Waals surface area contributed by atoms with Crippen molar-refractivity contribution in [3.05, 3.63) is 21.3 Å². The van der Waals surface area contributed by atoms with Crippen LogP contribution in [-0.4, -0.2) is 16.7 Å². The van der Waals surface area contributed by atoms with Crippen molar-refractivity contribution in [2.45, 2.75) is 43.7 Å². The van der Waals surface area contributed by atoms with E-state index in [9.17, 15) is 5.11 Å². The Labute approximate surface area is 99.1 Å². The largest absolute Gasteiger partial charge is 0.390 e. The minimum Gasteiger partial charge on any atom is -0.390 e. The van der Waals surface area contributed by atoms with Gasteiger partial charge in [0.05, 0.1) is 9.94 Å². The molecule has 0 spiro atoms. The molecule has 84 valence electrons. The molecule has 0 atom stereocenters. The van der Waals surface area contributed by atoms with Crippen LogP contribution < -0.4 is 5.73 Å². The van der Waals surface area contributed by atoms with Crippen molar-refractivity contribution in [1.82, 2.24) is 0 Å². The number of halogens is 1. The third-order valence-corrected chi connectivity index (χ3v) is 4.32. The zero-order valence-electron chi connectivity index (χ0n) is 8.58. The molecule has 0 amide bonds. The van der Waals surface area contributed by atoms with Gasteiger partial charge in [0.1, 0.15) is 0 Å². The van der Waals surface area contributed by atoms with E-state index in [0.717, 1.165) is 41.3 Å². The Balaban J connectivity index is 1.99. The second-order valence-corrected chi connectivity index (χ2v) is 6.24. The summed E-state index contributed by atoms with van der Waals surface area (Å²) in [5, 5.41) is 10.4. The maximum Gasteiger partial charge on any atom is 0.0931 e. The standard InChI is InChI=1S/C11H16ClNOS/c12-10-2-1-9(15-10)7-11(14)5-3-8(13)4-6-11/h1-2,8,14H,3-7,13H2. The Morgan fingerprint density at radius 2 is 2.13 bits per heavy atom. The summed E-state index contributed by atoms with van der Waals surface area (Å²) in [4.78, 5) is 1.16. The van der Waals surface area contributed by atoms with Gasteiger partial charge < -0.3 is 10.8 Å². The van der Waals surface area contributed by atoms with Crippen LogP contribution in [0.15, 0.2) is 12.1 Å². The van der Waals surface area contributed by atoms with Crippen LogP contribution in [-0.2, 0) is 6.42 Å². The fourth-order valence-corrected chi connectivity index (χ4v) is 3.35. The van der Waals surface area contributed by atoms with Gasteiger partial charge in [0.15, 0.2) is 0 Å². The molecule has 0 aromatic carbocycles. The summed E-state index contributed by atoms with van der Waals surface area (Å²) in [5.41, 5.74) is 5.27. The zero-order valence-corrected chi connectivity index (χ0v) is 10.2. The topological polar surface area (TPSA) is 46.2 Å². The Kier molecular flexibility index (Phi) is 3.36. The van der Waals surface area contributed by atoms with E-state index < -0.39 is 5.60 Å². The van der Waals surface area contributed by atoms with Crippen molar-refractivity contribution in [3.63, 3.8) is 0 Å². The van der Waals surface area contributed by atoms with Gasteiger partial charge in [0, 0.05) is 17.3 Å². The van der Waals surface area contributed by atoms with Gasteiger partial charge >= 0.3 is 0 Å². The molecule has 1 heterocycles. The molecule has 1 fully saturated rings.